The minimum Gasteiger partial charge on any atom is -0.299 e. The van der Waals surface area contributed by atoms with E-state index in [2.05, 4.69) is 15.5 Å². The largest absolute Gasteiger partial charge is 0.307 e. The molecule has 1 aliphatic carbocycles. The molecular weight excluding hydrogens is 284 g/mol. The fraction of sp³-hybridized carbons (Fsp3) is 0.455. The van der Waals surface area contributed by atoms with Crippen molar-refractivity contribution in [1.29, 1.82) is 0 Å². The van der Waals surface area contributed by atoms with E-state index in [4.69, 9.17) is 0 Å². The van der Waals surface area contributed by atoms with Crippen molar-refractivity contribution in [3.63, 3.8) is 0 Å². The molecule has 2 heterocycles. The van der Waals surface area contributed by atoms with E-state index < -0.39 is 0 Å². The predicted octanol–water partition coefficient (Wildman–Crippen LogP) is 1.59. The lowest BCUT2D eigenvalue weighted by Gasteiger charge is -2.03. The zero-order valence-corrected chi connectivity index (χ0v) is 11.9. The predicted molar refractivity (Wildman–Crippen MR) is 73.8 cm³/mol. The molecule has 1 amide bonds. The lowest BCUT2D eigenvalue weighted by molar-refractivity contribution is -0.116. The zero-order valence-electron chi connectivity index (χ0n) is 10.3. The summed E-state index contributed by atoms with van der Waals surface area (Å²) in [5.41, 5.74) is 0.793. The van der Waals surface area contributed by atoms with Gasteiger partial charge in [-0.05, 0) is 19.8 Å². The van der Waals surface area contributed by atoms with Crippen molar-refractivity contribution in [2.75, 3.05) is 5.32 Å². The highest BCUT2D eigenvalue weighted by Crippen LogP contribution is 2.41. The minimum absolute atomic E-state index is 0.0203. The molecule has 8 heteroatoms. The van der Waals surface area contributed by atoms with Crippen molar-refractivity contribution in [3.05, 3.63) is 25.7 Å². The van der Waals surface area contributed by atoms with Gasteiger partial charge in [0.15, 0.2) is 0 Å². The number of hydrogen-bond acceptors (Lipinski definition) is 6. The summed E-state index contributed by atoms with van der Waals surface area (Å²) in [6, 6.07) is 0. The number of anilines is 1. The van der Waals surface area contributed by atoms with E-state index in [1.54, 1.807) is 12.3 Å². The van der Waals surface area contributed by atoms with Crippen LogP contribution < -0.4 is 10.2 Å². The minimum atomic E-state index is -0.248. The number of aryl methyl sites for hydroxylation is 1. The third kappa shape index (κ3) is 2.74. The Balaban J connectivity index is 1.66. The number of thiazole rings is 1. The number of aromatic nitrogens is 3. The van der Waals surface area contributed by atoms with Crippen LogP contribution in [0.2, 0.25) is 0 Å². The van der Waals surface area contributed by atoms with Crippen LogP contribution in [0.5, 0.6) is 0 Å². The SMILES string of the molecule is Cc1csc(=O)n1CC(=O)Nc1nnc(C2CC2)s1. The first kappa shape index (κ1) is 12.5. The number of carbonyl (C=O) groups is 1. The van der Waals surface area contributed by atoms with Gasteiger partial charge in [-0.15, -0.1) is 10.2 Å². The van der Waals surface area contributed by atoms with Crippen LogP contribution in [0.4, 0.5) is 5.13 Å². The molecular formula is C11H12N4O2S2. The fourth-order valence-electron chi connectivity index (χ4n) is 1.68. The van der Waals surface area contributed by atoms with E-state index in [1.807, 2.05) is 0 Å². The Morgan fingerprint density at radius 1 is 1.53 bits per heavy atom. The summed E-state index contributed by atoms with van der Waals surface area (Å²) in [6.07, 6.45) is 2.32. The molecule has 0 bridgehead atoms. The molecule has 0 saturated heterocycles. The summed E-state index contributed by atoms with van der Waals surface area (Å²) < 4.78 is 1.45. The van der Waals surface area contributed by atoms with Crippen molar-refractivity contribution >= 4 is 33.7 Å². The van der Waals surface area contributed by atoms with Crippen LogP contribution in [0.15, 0.2) is 10.2 Å². The van der Waals surface area contributed by atoms with Crippen molar-refractivity contribution in [2.24, 2.45) is 0 Å². The molecule has 1 fully saturated rings. The summed E-state index contributed by atoms with van der Waals surface area (Å²) in [7, 11) is 0. The standard InChI is InChI=1S/C11H12N4O2S2/c1-6-5-18-11(17)15(6)4-8(16)12-10-14-13-9(19-10)7-2-3-7/h5,7H,2-4H2,1H3,(H,12,14,16). The highest BCUT2D eigenvalue weighted by Gasteiger charge is 2.27. The number of nitrogens with zero attached hydrogens (tertiary/aromatic N) is 3. The van der Waals surface area contributed by atoms with Gasteiger partial charge < -0.3 is 0 Å². The Morgan fingerprint density at radius 2 is 2.32 bits per heavy atom. The molecule has 1 saturated carbocycles. The zero-order chi connectivity index (χ0) is 13.4. The molecule has 0 atom stereocenters. The normalized spacial score (nSPS) is 14.6. The van der Waals surface area contributed by atoms with Crippen LogP contribution in [0, 0.1) is 6.92 Å². The van der Waals surface area contributed by atoms with Gasteiger partial charge in [-0.3, -0.25) is 19.5 Å². The maximum Gasteiger partial charge on any atom is 0.307 e. The van der Waals surface area contributed by atoms with E-state index in [0.29, 0.717) is 11.0 Å². The van der Waals surface area contributed by atoms with Crippen LogP contribution >= 0.6 is 22.7 Å². The summed E-state index contributed by atoms with van der Waals surface area (Å²) in [6.45, 7) is 1.83. The first-order valence-corrected chi connectivity index (χ1v) is 7.61. The molecule has 6 nitrogen and oxygen atoms in total. The second kappa shape index (κ2) is 4.86. The first-order valence-electron chi connectivity index (χ1n) is 5.91. The van der Waals surface area contributed by atoms with Crippen molar-refractivity contribution < 1.29 is 4.79 Å². The second-order valence-corrected chi connectivity index (χ2v) is 6.33. The van der Waals surface area contributed by atoms with Crippen LogP contribution in [-0.4, -0.2) is 20.7 Å². The molecule has 100 valence electrons. The van der Waals surface area contributed by atoms with Gasteiger partial charge in [0.2, 0.25) is 11.0 Å². The van der Waals surface area contributed by atoms with E-state index in [1.165, 1.54) is 15.9 Å². The average Bonchev–Trinajstić information content (AvgIpc) is 3.06. The lowest BCUT2D eigenvalue weighted by Crippen LogP contribution is -2.25. The molecule has 0 aromatic carbocycles. The summed E-state index contributed by atoms with van der Waals surface area (Å²) in [4.78, 5) is 23.2. The highest BCUT2D eigenvalue weighted by molar-refractivity contribution is 7.15. The van der Waals surface area contributed by atoms with E-state index in [0.717, 1.165) is 34.9 Å². The van der Waals surface area contributed by atoms with Crippen molar-refractivity contribution in [2.45, 2.75) is 32.2 Å². The number of amides is 1. The number of rotatable bonds is 4. The molecule has 0 unspecified atom stereocenters. The third-order valence-corrected chi connectivity index (χ3v) is 4.77. The Hall–Kier alpha value is -1.54. The van der Waals surface area contributed by atoms with Gasteiger partial charge >= 0.3 is 4.87 Å². The monoisotopic (exact) mass is 296 g/mol. The molecule has 0 aliphatic heterocycles. The molecule has 3 rings (SSSR count). The van der Waals surface area contributed by atoms with Crippen LogP contribution in [-0.2, 0) is 11.3 Å². The Bertz CT molecular complexity index is 668. The average molecular weight is 296 g/mol. The van der Waals surface area contributed by atoms with Crippen LogP contribution in [0.1, 0.15) is 29.5 Å². The Kier molecular flexibility index (Phi) is 3.19. The highest BCUT2D eigenvalue weighted by atomic mass is 32.1. The van der Waals surface area contributed by atoms with Gasteiger partial charge in [-0.25, -0.2) is 0 Å². The molecule has 0 spiro atoms. The lowest BCUT2D eigenvalue weighted by atomic mass is 10.5. The number of nitrogens with one attached hydrogen (secondary N) is 1. The number of carbonyl (C=O) groups excluding carboxylic acids is 1. The van der Waals surface area contributed by atoms with E-state index in [9.17, 15) is 9.59 Å². The molecule has 0 radical (unpaired) electrons. The van der Waals surface area contributed by atoms with Gasteiger partial charge in [-0.1, -0.05) is 22.7 Å². The quantitative estimate of drug-likeness (QED) is 0.929. The maximum atomic E-state index is 11.9. The molecule has 19 heavy (non-hydrogen) atoms. The smallest absolute Gasteiger partial charge is 0.299 e. The summed E-state index contributed by atoms with van der Waals surface area (Å²) in [5, 5.41) is 13.9. The summed E-state index contributed by atoms with van der Waals surface area (Å²) >= 11 is 2.51. The number of hydrogen-bond donors (Lipinski definition) is 1. The molecule has 1 aliphatic rings. The van der Waals surface area contributed by atoms with Crippen LogP contribution in [0.25, 0.3) is 0 Å². The Morgan fingerprint density at radius 3 is 2.95 bits per heavy atom. The molecule has 2 aromatic heterocycles. The van der Waals surface area contributed by atoms with Gasteiger partial charge in [-0.2, -0.15) is 0 Å². The van der Waals surface area contributed by atoms with Gasteiger partial charge in [0.25, 0.3) is 0 Å². The van der Waals surface area contributed by atoms with E-state index >= 15 is 0 Å². The van der Waals surface area contributed by atoms with Gasteiger partial charge in [0.05, 0.1) is 0 Å². The van der Waals surface area contributed by atoms with Crippen molar-refractivity contribution in [1.82, 2.24) is 14.8 Å². The van der Waals surface area contributed by atoms with Crippen molar-refractivity contribution in [3.8, 4) is 0 Å². The Labute approximate surface area is 117 Å². The van der Waals surface area contributed by atoms with Gasteiger partial charge in [0.1, 0.15) is 11.6 Å². The van der Waals surface area contributed by atoms with Gasteiger partial charge in [0, 0.05) is 17.0 Å². The first-order chi connectivity index (χ1) is 9.13. The fourth-order valence-corrected chi connectivity index (χ4v) is 3.34. The third-order valence-electron chi connectivity index (χ3n) is 2.89. The van der Waals surface area contributed by atoms with Crippen LogP contribution in [0.3, 0.4) is 0 Å². The summed E-state index contributed by atoms with van der Waals surface area (Å²) in [5.74, 6) is 0.284. The topological polar surface area (TPSA) is 76.9 Å². The second-order valence-electron chi connectivity index (χ2n) is 4.50. The molecule has 2 aromatic rings. The maximum absolute atomic E-state index is 11.9. The van der Waals surface area contributed by atoms with E-state index in [-0.39, 0.29) is 17.3 Å². The molecule has 1 N–H and O–H groups in total.